The molecular weight excluding hydrogens is 552 g/mol. The Morgan fingerprint density at radius 1 is 0.975 bits per heavy atom. The predicted octanol–water partition coefficient (Wildman–Crippen LogP) is 4.89. The Hall–Kier alpha value is -3.83. The maximum Gasteiger partial charge on any atom is 0.319 e. The molecule has 0 fully saturated rings. The molecule has 1 heterocycles. The van der Waals surface area contributed by atoms with E-state index in [1.165, 1.54) is 35.4 Å². The van der Waals surface area contributed by atoms with E-state index in [0.717, 1.165) is 32.2 Å². The van der Waals surface area contributed by atoms with Crippen molar-refractivity contribution in [2.45, 2.75) is 63.9 Å². The molecule has 1 unspecified atom stereocenters. The highest BCUT2D eigenvalue weighted by Crippen LogP contribution is 2.27. The van der Waals surface area contributed by atoms with Crippen molar-refractivity contribution in [2.75, 3.05) is 15.5 Å². The monoisotopic (exact) mass is 587 g/mol. The second kappa shape index (κ2) is 14.5. The van der Waals surface area contributed by atoms with E-state index >= 15 is 0 Å². The molecule has 40 heavy (non-hydrogen) atoms. The normalized spacial score (nSPS) is 11.8. The van der Waals surface area contributed by atoms with Gasteiger partial charge in [-0.05, 0) is 68.8 Å². The highest BCUT2D eigenvalue weighted by molar-refractivity contribution is 7.92. The third-order valence-corrected chi connectivity index (χ3v) is 7.93. The van der Waals surface area contributed by atoms with Gasteiger partial charge >= 0.3 is 6.03 Å². The topological polar surface area (TPSA) is 132 Å². The lowest BCUT2D eigenvalue weighted by molar-refractivity contribution is -0.698. The van der Waals surface area contributed by atoms with E-state index in [9.17, 15) is 18.0 Å². The number of aryl methyl sites for hydroxylation is 3. The first-order chi connectivity index (χ1) is 19.1. The van der Waals surface area contributed by atoms with Crippen LogP contribution in [0.2, 0.25) is 5.02 Å². The van der Waals surface area contributed by atoms with Crippen LogP contribution in [0.15, 0.2) is 65.8 Å². The molecule has 214 valence electrons. The fourth-order valence-corrected chi connectivity index (χ4v) is 5.84. The Morgan fingerprint density at radius 2 is 1.62 bits per heavy atom. The van der Waals surface area contributed by atoms with Crippen molar-refractivity contribution in [1.82, 2.24) is 10.7 Å². The molecule has 0 spiro atoms. The number of rotatable bonds is 14. The molecule has 0 aliphatic rings. The van der Waals surface area contributed by atoms with Crippen molar-refractivity contribution in [1.29, 1.82) is 0 Å². The van der Waals surface area contributed by atoms with Crippen LogP contribution in [0.1, 0.15) is 43.7 Å². The van der Waals surface area contributed by atoms with Crippen LogP contribution in [0.4, 0.5) is 21.9 Å². The van der Waals surface area contributed by atoms with Gasteiger partial charge in [-0.15, -0.1) is 0 Å². The second-order valence-corrected chi connectivity index (χ2v) is 11.6. The molecule has 0 bridgehead atoms. The lowest BCUT2D eigenvalue weighted by Gasteiger charge is -2.18. The number of nitrogens with one attached hydrogen (secondary N) is 5. The van der Waals surface area contributed by atoms with Crippen LogP contribution < -0.4 is 30.8 Å². The first-order valence-corrected chi connectivity index (χ1v) is 14.9. The summed E-state index contributed by atoms with van der Waals surface area (Å²) in [6.07, 6.45) is 8.23. The van der Waals surface area contributed by atoms with Crippen LogP contribution in [-0.2, 0) is 21.4 Å². The number of hydrogen-bond donors (Lipinski definition) is 5. The Labute approximate surface area is 240 Å². The van der Waals surface area contributed by atoms with Crippen molar-refractivity contribution in [3.63, 3.8) is 0 Å². The van der Waals surface area contributed by atoms with Gasteiger partial charge in [-0.2, -0.15) is 0 Å². The molecule has 10 nitrogen and oxygen atoms in total. The number of aromatic nitrogens is 1. The quantitative estimate of drug-likeness (QED) is 0.104. The zero-order valence-electron chi connectivity index (χ0n) is 22.8. The minimum Gasteiger partial charge on any atom is -0.335 e. The SMILES string of the molecule is CCCCC(CC[n+]1cc(C)cc(C)c1)NC(=O)Nc1ccc(Cl)c(S(=O)(=O)Nc2ccc(NNC=O)cc2)c1. The van der Waals surface area contributed by atoms with Crippen molar-refractivity contribution in [3.8, 4) is 0 Å². The van der Waals surface area contributed by atoms with Crippen LogP contribution in [0, 0.1) is 13.8 Å². The molecule has 3 rings (SSSR count). The van der Waals surface area contributed by atoms with Crippen molar-refractivity contribution in [3.05, 3.63) is 77.1 Å². The van der Waals surface area contributed by atoms with E-state index in [2.05, 4.69) is 70.0 Å². The van der Waals surface area contributed by atoms with Crippen LogP contribution in [0.5, 0.6) is 0 Å². The van der Waals surface area contributed by atoms with Crippen LogP contribution in [0.25, 0.3) is 0 Å². The molecule has 1 aromatic heterocycles. The van der Waals surface area contributed by atoms with Gasteiger partial charge in [0.2, 0.25) is 6.41 Å². The van der Waals surface area contributed by atoms with Crippen LogP contribution in [0.3, 0.4) is 0 Å². The minimum atomic E-state index is -4.06. The number of carbonyl (C=O) groups is 2. The first kappa shape index (κ1) is 30.7. The largest absolute Gasteiger partial charge is 0.335 e. The van der Waals surface area contributed by atoms with Crippen molar-refractivity contribution >= 4 is 51.1 Å². The molecule has 3 aromatic rings. The van der Waals surface area contributed by atoms with E-state index in [0.29, 0.717) is 23.5 Å². The average Bonchev–Trinajstić information content (AvgIpc) is 2.90. The van der Waals surface area contributed by atoms with E-state index in [-0.39, 0.29) is 16.0 Å². The van der Waals surface area contributed by atoms with Gasteiger partial charge in [-0.1, -0.05) is 31.4 Å². The zero-order valence-corrected chi connectivity index (χ0v) is 24.4. The summed E-state index contributed by atoms with van der Waals surface area (Å²) >= 11 is 6.23. The van der Waals surface area contributed by atoms with Crippen molar-refractivity contribution in [2.24, 2.45) is 0 Å². The second-order valence-electron chi connectivity index (χ2n) is 9.57. The maximum absolute atomic E-state index is 13.1. The Balaban J connectivity index is 1.67. The molecule has 0 aliphatic heterocycles. The summed E-state index contributed by atoms with van der Waals surface area (Å²) < 4.78 is 30.8. The standard InChI is InChI=1S/C28H35ClN6O4S/c1-4-5-6-22(13-14-35-17-20(2)15-21(3)18-35)31-28(37)32-25-11-12-26(29)27(16-25)40(38,39)34-24-9-7-23(8-10-24)33-30-19-36/h7-12,15-19,22,33-34H,4-6,13-14H2,1-3H3,(H2-,30,31,32,36,37)/p+1. The average molecular weight is 588 g/mol. The zero-order chi connectivity index (χ0) is 29.1. The molecule has 0 saturated carbocycles. The van der Waals surface area contributed by atoms with Crippen LogP contribution >= 0.6 is 11.6 Å². The highest BCUT2D eigenvalue weighted by atomic mass is 35.5. The summed E-state index contributed by atoms with van der Waals surface area (Å²) in [7, 11) is -4.06. The van der Waals surface area contributed by atoms with Gasteiger partial charge in [-0.25, -0.2) is 17.8 Å². The summed E-state index contributed by atoms with van der Waals surface area (Å²) in [6, 6.07) is 12.2. The number of urea groups is 1. The van der Waals surface area contributed by atoms with Gasteiger partial charge < -0.3 is 10.6 Å². The smallest absolute Gasteiger partial charge is 0.319 e. The fourth-order valence-electron chi connectivity index (χ4n) is 4.25. The third kappa shape index (κ3) is 9.42. The molecule has 1 atom stereocenters. The maximum atomic E-state index is 13.1. The number of amides is 3. The van der Waals surface area contributed by atoms with Gasteiger partial charge in [-0.3, -0.25) is 20.4 Å². The number of pyridine rings is 1. The highest BCUT2D eigenvalue weighted by Gasteiger charge is 2.20. The number of halogens is 1. The number of carbonyl (C=O) groups excluding carboxylic acids is 2. The number of nitrogens with zero attached hydrogens (tertiary/aromatic N) is 1. The Kier molecular flexibility index (Phi) is 11.2. The number of benzene rings is 2. The minimum absolute atomic E-state index is 0.0122. The third-order valence-electron chi connectivity index (χ3n) is 6.06. The summed E-state index contributed by atoms with van der Waals surface area (Å²) in [6.45, 7) is 6.98. The lowest BCUT2D eigenvalue weighted by atomic mass is 10.1. The number of unbranched alkanes of at least 4 members (excludes halogenated alkanes) is 1. The molecule has 5 N–H and O–H groups in total. The fraction of sp³-hybridized carbons (Fsp3) is 0.321. The number of hydrazine groups is 1. The summed E-state index contributed by atoms with van der Waals surface area (Å²) in [4.78, 5) is 23.1. The van der Waals surface area contributed by atoms with Crippen molar-refractivity contribution < 1.29 is 22.6 Å². The lowest BCUT2D eigenvalue weighted by Crippen LogP contribution is -2.42. The van der Waals surface area contributed by atoms with E-state index < -0.39 is 16.1 Å². The number of anilines is 3. The molecule has 0 saturated heterocycles. The molecule has 2 aromatic carbocycles. The van der Waals surface area contributed by atoms with Gasteiger partial charge in [0.05, 0.1) is 10.7 Å². The van der Waals surface area contributed by atoms with Crippen LogP contribution in [-0.4, -0.2) is 26.9 Å². The molecule has 3 amide bonds. The van der Waals surface area contributed by atoms with Gasteiger partial charge in [0.15, 0.2) is 12.4 Å². The Bertz CT molecular complexity index is 1400. The first-order valence-electron chi connectivity index (χ1n) is 13.0. The molecule has 0 radical (unpaired) electrons. The number of sulfonamides is 1. The number of hydrogen-bond acceptors (Lipinski definition) is 5. The summed E-state index contributed by atoms with van der Waals surface area (Å²) in [5.74, 6) is 0. The Morgan fingerprint density at radius 3 is 2.27 bits per heavy atom. The summed E-state index contributed by atoms with van der Waals surface area (Å²) in [5, 5.41) is 5.79. The van der Waals surface area contributed by atoms with Gasteiger partial charge in [0.1, 0.15) is 11.4 Å². The molecule has 12 heteroatoms. The van der Waals surface area contributed by atoms with E-state index in [4.69, 9.17) is 11.6 Å². The summed E-state index contributed by atoms with van der Waals surface area (Å²) in [5.41, 5.74) is 8.44. The van der Waals surface area contributed by atoms with E-state index in [1.54, 1.807) is 18.2 Å². The predicted molar refractivity (Wildman–Crippen MR) is 158 cm³/mol. The van der Waals surface area contributed by atoms with E-state index in [1.807, 2.05) is 0 Å². The van der Waals surface area contributed by atoms with Gasteiger partial charge in [0.25, 0.3) is 10.0 Å². The molecule has 0 aliphatic carbocycles. The molecular formula is C28H36ClN6O4S+. The van der Waals surface area contributed by atoms with Gasteiger partial charge in [0, 0.05) is 35.0 Å².